The first-order valence-corrected chi connectivity index (χ1v) is 7.95. The number of likely N-dealkylation sites (tertiary alicyclic amines) is 1. The Morgan fingerprint density at radius 3 is 2.67 bits per heavy atom. The highest BCUT2D eigenvalue weighted by atomic mass is 16.4. The van der Waals surface area contributed by atoms with E-state index in [2.05, 4.69) is 29.2 Å². The number of hydrogen-bond acceptors (Lipinski definition) is 2. The molecule has 3 nitrogen and oxygen atoms in total. The Kier molecular flexibility index (Phi) is 4.39. The highest BCUT2D eigenvalue weighted by Gasteiger charge is 2.31. The molecule has 3 heteroatoms. The minimum absolute atomic E-state index is 0.592. The van der Waals surface area contributed by atoms with Crippen molar-refractivity contribution in [2.45, 2.75) is 38.1 Å². The predicted octanol–water partition coefficient (Wildman–Crippen LogP) is 3.42. The van der Waals surface area contributed by atoms with Gasteiger partial charge in [-0.3, -0.25) is 4.90 Å². The molecule has 3 rings (SSSR count). The number of aliphatic carboxylic acids is 1. The second-order valence-corrected chi connectivity index (χ2v) is 6.28. The van der Waals surface area contributed by atoms with Gasteiger partial charge in [0.1, 0.15) is 0 Å². The minimum atomic E-state index is -0.881. The van der Waals surface area contributed by atoms with Crippen LogP contribution in [0.1, 0.15) is 42.9 Å². The first-order chi connectivity index (χ1) is 10.2. The number of nitrogens with zero attached hydrogens (tertiary/aromatic N) is 1. The SMILES string of the molecule is O=C(O)/C=C/Cc1ccc([C@@H]2CCCN2CC2CC2)cc1. The first-order valence-electron chi connectivity index (χ1n) is 7.95. The van der Waals surface area contributed by atoms with Gasteiger partial charge in [-0.25, -0.2) is 4.79 Å². The molecule has 21 heavy (non-hydrogen) atoms. The van der Waals surface area contributed by atoms with Crippen molar-refractivity contribution < 1.29 is 9.90 Å². The molecule has 1 atom stereocenters. The molecule has 112 valence electrons. The average molecular weight is 285 g/mol. The summed E-state index contributed by atoms with van der Waals surface area (Å²) in [5, 5.41) is 8.59. The molecule has 1 aliphatic heterocycles. The van der Waals surface area contributed by atoms with Gasteiger partial charge in [0.25, 0.3) is 0 Å². The Hall–Kier alpha value is -1.61. The van der Waals surface area contributed by atoms with E-state index in [1.165, 1.54) is 56.0 Å². The summed E-state index contributed by atoms with van der Waals surface area (Å²) in [7, 11) is 0. The van der Waals surface area contributed by atoms with Gasteiger partial charge in [0.15, 0.2) is 0 Å². The molecule has 1 aromatic rings. The summed E-state index contributed by atoms with van der Waals surface area (Å²) in [5.41, 5.74) is 2.59. The van der Waals surface area contributed by atoms with E-state index in [1.807, 2.05) is 0 Å². The molecule has 2 fully saturated rings. The Labute approximate surface area is 126 Å². The zero-order chi connectivity index (χ0) is 14.7. The van der Waals surface area contributed by atoms with Crippen molar-refractivity contribution in [3.8, 4) is 0 Å². The summed E-state index contributed by atoms with van der Waals surface area (Å²) in [5.74, 6) is 0.0688. The van der Waals surface area contributed by atoms with E-state index in [4.69, 9.17) is 5.11 Å². The number of rotatable bonds is 6. The normalized spacial score (nSPS) is 23.0. The Morgan fingerprint density at radius 1 is 1.24 bits per heavy atom. The maximum absolute atomic E-state index is 10.5. The third-order valence-electron chi connectivity index (χ3n) is 4.53. The standard InChI is InChI=1S/C18H23NO2/c20-18(21)5-1-3-14-8-10-16(11-9-14)17-4-2-12-19(17)13-15-6-7-15/h1,5,8-11,15,17H,2-4,6-7,12-13H2,(H,20,21)/b5-1+/t17-/m0/s1. The van der Waals surface area contributed by atoms with Crippen LogP contribution in [-0.4, -0.2) is 29.1 Å². The van der Waals surface area contributed by atoms with E-state index in [1.54, 1.807) is 6.08 Å². The Morgan fingerprint density at radius 2 is 2.00 bits per heavy atom. The monoisotopic (exact) mass is 285 g/mol. The van der Waals surface area contributed by atoms with Crippen LogP contribution in [0.25, 0.3) is 0 Å². The van der Waals surface area contributed by atoms with Crippen molar-refractivity contribution in [3.63, 3.8) is 0 Å². The number of allylic oxidation sites excluding steroid dienone is 1. The maximum atomic E-state index is 10.5. The number of hydrogen-bond donors (Lipinski definition) is 1. The van der Waals surface area contributed by atoms with Crippen LogP contribution in [0.3, 0.4) is 0 Å². The van der Waals surface area contributed by atoms with Gasteiger partial charge in [0.05, 0.1) is 0 Å². The summed E-state index contributed by atoms with van der Waals surface area (Å²) in [4.78, 5) is 13.1. The van der Waals surface area contributed by atoms with Crippen LogP contribution >= 0.6 is 0 Å². The van der Waals surface area contributed by atoms with Gasteiger partial charge in [-0.2, -0.15) is 0 Å². The fourth-order valence-electron chi connectivity index (χ4n) is 3.23. The summed E-state index contributed by atoms with van der Waals surface area (Å²) in [6.45, 7) is 2.51. The number of carboxylic acid groups (broad SMARTS) is 1. The highest BCUT2D eigenvalue weighted by molar-refractivity contribution is 5.79. The van der Waals surface area contributed by atoms with Gasteiger partial charge >= 0.3 is 5.97 Å². The van der Waals surface area contributed by atoms with Crippen LogP contribution in [0.2, 0.25) is 0 Å². The maximum Gasteiger partial charge on any atom is 0.327 e. The molecule has 0 radical (unpaired) electrons. The predicted molar refractivity (Wildman–Crippen MR) is 83.2 cm³/mol. The zero-order valence-corrected chi connectivity index (χ0v) is 12.4. The molecule has 1 saturated carbocycles. The van der Waals surface area contributed by atoms with E-state index in [-0.39, 0.29) is 0 Å². The number of carboxylic acids is 1. The van der Waals surface area contributed by atoms with Crippen LogP contribution in [-0.2, 0) is 11.2 Å². The molecule has 0 amide bonds. The summed E-state index contributed by atoms with van der Waals surface area (Å²) >= 11 is 0. The van der Waals surface area contributed by atoms with Crippen molar-refractivity contribution in [2.24, 2.45) is 5.92 Å². The van der Waals surface area contributed by atoms with Crippen molar-refractivity contribution in [1.82, 2.24) is 4.90 Å². The third kappa shape index (κ3) is 3.94. The van der Waals surface area contributed by atoms with E-state index in [0.29, 0.717) is 12.5 Å². The van der Waals surface area contributed by atoms with Gasteiger partial charge in [0, 0.05) is 18.7 Å². The average Bonchev–Trinajstić information content (AvgIpc) is 3.16. The van der Waals surface area contributed by atoms with Gasteiger partial charge in [-0.1, -0.05) is 30.3 Å². The Bertz CT molecular complexity index is 517. The molecule has 1 saturated heterocycles. The topological polar surface area (TPSA) is 40.5 Å². The lowest BCUT2D eigenvalue weighted by Gasteiger charge is -2.24. The molecule has 1 heterocycles. The van der Waals surface area contributed by atoms with Crippen LogP contribution in [0.15, 0.2) is 36.4 Å². The van der Waals surface area contributed by atoms with Crippen molar-refractivity contribution in [3.05, 3.63) is 47.5 Å². The molecule has 1 N–H and O–H groups in total. The van der Waals surface area contributed by atoms with Crippen LogP contribution in [0.5, 0.6) is 0 Å². The second kappa shape index (κ2) is 6.44. The summed E-state index contributed by atoms with van der Waals surface area (Å²) in [6.07, 6.45) is 9.00. The van der Waals surface area contributed by atoms with E-state index >= 15 is 0 Å². The lowest BCUT2D eigenvalue weighted by molar-refractivity contribution is -0.131. The van der Waals surface area contributed by atoms with Gasteiger partial charge in [0.2, 0.25) is 0 Å². The highest BCUT2D eigenvalue weighted by Crippen LogP contribution is 2.37. The molecule has 1 aromatic carbocycles. The molecule has 0 bridgehead atoms. The minimum Gasteiger partial charge on any atom is -0.478 e. The molecule has 0 unspecified atom stereocenters. The fourth-order valence-corrected chi connectivity index (χ4v) is 3.23. The fraction of sp³-hybridized carbons (Fsp3) is 0.500. The Balaban J connectivity index is 1.61. The number of benzene rings is 1. The van der Waals surface area contributed by atoms with E-state index < -0.39 is 5.97 Å². The van der Waals surface area contributed by atoms with Crippen LogP contribution < -0.4 is 0 Å². The van der Waals surface area contributed by atoms with Crippen LogP contribution in [0.4, 0.5) is 0 Å². The van der Waals surface area contributed by atoms with Gasteiger partial charge < -0.3 is 5.11 Å². The molecule has 1 aliphatic carbocycles. The van der Waals surface area contributed by atoms with E-state index in [0.717, 1.165) is 5.92 Å². The van der Waals surface area contributed by atoms with E-state index in [9.17, 15) is 4.79 Å². The quantitative estimate of drug-likeness (QED) is 0.814. The lowest BCUT2D eigenvalue weighted by atomic mass is 10.0. The summed E-state index contributed by atoms with van der Waals surface area (Å²) < 4.78 is 0. The zero-order valence-electron chi connectivity index (χ0n) is 12.4. The molecular weight excluding hydrogens is 262 g/mol. The first kappa shape index (κ1) is 14.3. The lowest BCUT2D eigenvalue weighted by Crippen LogP contribution is -2.25. The largest absolute Gasteiger partial charge is 0.478 e. The van der Waals surface area contributed by atoms with Crippen molar-refractivity contribution >= 4 is 5.97 Å². The smallest absolute Gasteiger partial charge is 0.327 e. The van der Waals surface area contributed by atoms with Crippen LogP contribution in [0, 0.1) is 5.92 Å². The number of carbonyl (C=O) groups is 1. The van der Waals surface area contributed by atoms with Gasteiger partial charge in [-0.15, -0.1) is 0 Å². The van der Waals surface area contributed by atoms with Crippen molar-refractivity contribution in [1.29, 1.82) is 0 Å². The molecule has 0 aromatic heterocycles. The van der Waals surface area contributed by atoms with Gasteiger partial charge in [-0.05, 0) is 55.7 Å². The van der Waals surface area contributed by atoms with Crippen molar-refractivity contribution in [2.75, 3.05) is 13.1 Å². The third-order valence-corrected chi connectivity index (χ3v) is 4.53. The molecular formula is C18H23NO2. The second-order valence-electron chi connectivity index (χ2n) is 6.28. The molecule has 0 spiro atoms. The molecule has 2 aliphatic rings. The summed E-state index contributed by atoms with van der Waals surface area (Å²) in [6, 6.07) is 9.30.